The molecule has 0 aliphatic rings. The van der Waals surface area contributed by atoms with Gasteiger partial charge in [-0.2, -0.15) is 0 Å². The summed E-state index contributed by atoms with van der Waals surface area (Å²) in [4.78, 5) is 0. The maximum Gasteiger partial charge on any atom is 0.120 e. The van der Waals surface area contributed by atoms with Gasteiger partial charge in [0.1, 0.15) is 12.4 Å². The van der Waals surface area contributed by atoms with E-state index in [1.165, 1.54) is 11.1 Å². The van der Waals surface area contributed by atoms with Gasteiger partial charge in [-0.25, -0.2) is 0 Å². The van der Waals surface area contributed by atoms with Crippen molar-refractivity contribution in [3.05, 3.63) is 78.4 Å². The first-order chi connectivity index (χ1) is 9.88. The monoisotopic (exact) mass is 267 g/mol. The Morgan fingerprint density at radius 2 is 1.80 bits per heavy atom. The van der Waals surface area contributed by atoms with Crippen LogP contribution in [-0.2, 0) is 13.0 Å². The van der Waals surface area contributed by atoms with Crippen molar-refractivity contribution in [2.24, 2.45) is 0 Å². The van der Waals surface area contributed by atoms with E-state index < -0.39 is 0 Å². The van der Waals surface area contributed by atoms with Gasteiger partial charge in [0, 0.05) is 6.54 Å². The maximum atomic E-state index is 5.53. The molecule has 0 bridgehead atoms. The van der Waals surface area contributed by atoms with Crippen LogP contribution < -0.4 is 10.1 Å². The van der Waals surface area contributed by atoms with Gasteiger partial charge in [-0.1, -0.05) is 55.1 Å². The number of nitrogens with one attached hydrogen (secondary N) is 1. The van der Waals surface area contributed by atoms with E-state index in [-0.39, 0.29) is 0 Å². The first-order valence-electron chi connectivity index (χ1n) is 6.96. The maximum absolute atomic E-state index is 5.53. The largest absolute Gasteiger partial charge is 0.490 e. The minimum atomic E-state index is 0.547. The highest BCUT2D eigenvalue weighted by Gasteiger charge is 1.97. The number of rotatable bonds is 8. The average molecular weight is 267 g/mol. The molecule has 2 aromatic rings. The van der Waals surface area contributed by atoms with Crippen LogP contribution in [0.5, 0.6) is 5.75 Å². The molecular formula is C18H21NO. The van der Waals surface area contributed by atoms with Crippen LogP contribution in [0.15, 0.2) is 67.3 Å². The average Bonchev–Trinajstić information content (AvgIpc) is 2.51. The zero-order chi connectivity index (χ0) is 14.0. The predicted octanol–water partition coefficient (Wildman–Crippen LogP) is 3.58. The second-order valence-electron chi connectivity index (χ2n) is 4.66. The Balaban J connectivity index is 1.75. The molecule has 0 unspecified atom stereocenters. The predicted molar refractivity (Wildman–Crippen MR) is 84.0 cm³/mol. The molecular weight excluding hydrogens is 246 g/mol. The normalized spacial score (nSPS) is 10.2. The van der Waals surface area contributed by atoms with Crippen molar-refractivity contribution in [1.29, 1.82) is 0 Å². The summed E-state index contributed by atoms with van der Waals surface area (Å²) in [5.74, 6) is 0.896. The molecule has 2 rings (SSSR count). The molecule has 0 heterocycles. The number of ether oxygens (including phenoxy) is 1. The molecule has 20 heavy (non-hydrogen) atoms. The molecule has 0 spiro atoms. The SMILES string of the molecule is C=CCOc1cccc(CNCCc2ccccc2)c1. The quantitative estimate of drug-likeness (QED) is 0.583. The van der Waals surface area contributed by atoms with E-state index in [2.05, 4.69) is 48.3 Å². The van der Waals surface area contributed by atoms with Gasteiger partial charge < -0.3 is 10.1 Å². The molecule has 104 valence electrons. The van der Waals surface area contributed by atoms with E-state index >= 15 is 0 Å². The van der Waals surface area contributed by atoms with Gasteiger partial charge in [0.05, 0.1) is 0 Å². The highest BCUT2D eigenvalue weighted by molar-refractivity contribution is 5.28. The Labute approximate surface area is 121 Å². The van der Waals surface area contributed by atoms with Crippen molar-refractivity contribution in [2.75, 3.05) is 13.2 Å². The lowest BCUT2D eigenvalue weighted by Crippen LogP contribution is -2.16. The van der Waals surface area contributed by atoms with Gasteiger partial charge in [-0.3, -0.25) is 0 Å². The summed E-state index contributed by atoms with van der Waals surface area (Å²) >= 11 is 0. The summed E-state index contributed by atoms with van der Waals surface area (Å²) in [5.41, 5.74) is 2.60. The number of hydrogen-bond donors (Lipinski definition) is 1. The molecule has 2 heteroatoms. The zero-order valence-electron chi connectivity index (χ0n) is 11.7. The smallest absolute Gasteiger partial charge is 0.120 e. The molecule has 0 radical (unpaired) electrons. The molecule has 0 fully saturated rings. The molecule has 0 saturated heterocycles. The highest BCUT2D eigenvalue weighted by atomic mass is 16.5. The Morgan fingerprint density at radius 3 is 2.60 bits per heavy atom. The van der Waals surface area contributed by atoms with Crippen LogP contribution in [0.25, 0.3) is 0 Å². The molecule has 0 atom stereocenters. The zero-order valence-corrected chi connectivity index (χ0v) is 11.7. The van der Waals surface area contributed by atoms with Gasteiger partial charge in [0.25, 0.3) is 0 Å². The second-order valence-corrected chi connectivity index (χ2v) is 4.66. The van der Waals surface area contributed by atoms with Gasteiger partial charge in [-0.15, -0.1) is 0 Å². The molecule has 0 aliphatic carbocycles. The second kappa shape index (κ2) is 8.18. The molecule has 0 aromatic heterocycles. The van der Waals surface area contributed by atoms with Gasteiger partial charge in [0.15, 0.2) is 0 Å². The molecule has 2 nitrogen and oxygen atoms in total. The van der Waals surface area contributed by atoms with Crippen LogP contribution >= 0.6 is 0 Å². The van der Waals surface area contributed by atoms with E-state index in [4.69, 9.17) is 4.74 Å². The van der Waals surface area contributed by atoms with Crippen LogP contribution in [0.3, 0.4) is 0 Å². The minimum Gasteiger partial charge on any atom is -0.490 e. The van der Waals surface area contributed by atoms with Gasteiger partial charge in [0.2, 0.25) is 0 Å². The highest BCUT2D eigenvalue weighted by Crippen LogP contribution is 2.13. The van der Waals surface area contributed by atoms with Crippen molar-refractivity contribution in [3.8, 4) is 5.75 Å². The molecule has 2 aromatic carbocycles. The van der Waals surface area contributed by atoms with Gasteiger partial charge >= 0.3 is 0 Å². The lowest BCUT2D eigenvalue weighted by molar-refractivity contribution is 0.362. The Bertz CT molecular complexity index is 522. The van der Waals surface area contributed by atoms with Crippen molar-refractivity contribution >= 4 is 0 Å². The fourth-order valence-electron chi connectivity index (χ4n) is 2.01. The first kappa shape index (κ1) is 14.4. The van der Waals surface area contributed by atoms with Crippen molar-refractivity contribution in [2.45, 2.75) is 13.0 Å². The first-order valence-corrected chi connectivity index (χ1v) is 6.96. The molecule has 1 N–H and O–H groups in total. The van der Waals surface area contributed by atoms with E-state index in [9.17, 15) is 0 Å². The third-order valence-corrected chi connectivity index (χ3v) is 3.03. The third-order valence-electron chi connectivity index (χ3n) is 3.03. The summed E-state index contributed by atoms with van der Waals surface area (Å²) in [6, 6.07) is 18.7. The number of hydrogen-bond acceptors (Lipinski definition) is 2. The molecule has 0 amide bonds. The van der Waals surface area contributed by atoms with Gasteiger partial charge in [-0.05, 0) is 36.2 Å². The fourth-order valence-corrected chi connectivity index (χ4v) is 2.01. The third kappa shape index (κ3) is 4.90. The lowest BCUT2D eigenvalue weighted by atomic mass is 10.1. The van der Waals surface area contributed by atoms with Crippen LogP contribution in [0.2, 0.25) is 0 Å². The molecule has 0 saturated carbocycles. The summed E-state index contributed by atoms with van der Waals surface area (Å²) in [6.07, 6.45) is 2.80. The van der Waals surface area contributed by atoms with Crippen LogP contribution in [-0.4, -0.2) is 13.2 Å². The van der Waals surface area contributed by atoms with E-state index in [0.717, 1.165) is 25.3 Å². The summed E-state index contributed by atoms with van der Waals surface area (Å²) in [5, 5.41) is 3.46. The van der Waals surface area contributed by atoms with Crippen LogP contribution in [0, 0.1) is 0 Å². The summed E-state index contributed by atoms with van der Waals surface area (Å²) < 4.78 is 5.53. The van der Waals surface area contributed by atoms with Crippen LogP contribution in [0.4, 0.5) is 0 Å². The summed E-state index contributed by atoms with van der Waals surface area (Å²) in [6.45, 7) is 6.03. The van der Waals surface area contributed by atoms with E-state index in [0.29, 0.717) is 6.61 Å². The Morgan fingerprint density at radius 1 is 1.00 bits per heavy atom. The molecule has 0 aliphatic heterocycles. The summed E-state index contributed by atoms with van der Waals surface area (Å²) in [7, 11) is 0. The Kier molecular flexibility index (Phi) is 5.87. The fraction of sp³-hybridized carbons (Fsp3) is 0.222. The van der Waals surface area contributed by atoms with E-state index in [1.807, 2.05) is 18.2 Å². The van der Waals surface area contributed by atoms with Crippen molar-refractivity contribution in [3.63, 3.8) is 0 Å². The van der Waals surface area contributed by atoms with E-state index in [1.54, 1.807) is 6.08 Å². The van der Waals surface area contributed by atoms with Crippen molar-refractivity contribution < 1.29 is 4.74 Å². The lowest BCUT2D eigenvalue weighted by Gasteiger charge is -2.08. The minimum absolute atomic E-state index is 0.547. The Hall–Kier alpha value is -2.06. The van der Waals surface area contributed by atoms with Crippen LogP contribution in [0.1, 0.15) is 11.1 Å². The topological polar surface area (TPSA) is 21.3 Å². The standard InChI is InChI=1S/C18H21NO/c1-2-13-20-18-10-6-9-17(14-18)15-19-12-11-16-7-4-3-5-8-16/h2-10,14,19H,1,11-13,15H2. The van der Waals surface area contributed by atoms with Crippen molar-refractivity contribution in [1.82, 2.24) is 5.32 Å². The number of benzene rings is 2.